The van der Waals surface area contributed by atoms with E-state index in [0.29, 0.717) is 10.2 Å². The first-order valence-corrected chi connectivity index (χ1v) is 7.21. The summed E-state index contributed by atoms with van der Waals surface area (Å²) in [5.74, 6) is 0.431. The van der Waals surface area contributed by atoms with Gasteiger partial charge in [0.1, 0.15) is 11.1 Å². The minimum absolute atomic E-state index is 0.298. The molecule has 1 heterocycles. The second-order valence-corrected chi connectivity index (χ2v) is 5.87. The van der Waals surface area contributed by atoms with E-state index in [-0.39, 0.29) is 11.2 Å². The number of hydrogen-bond acceptors (Lipinski definition) is 5. The van der Waals surface area contributed by atoms with Crippen molar-refractivity contribution in [2.45, 2.75) is 24.3 Å². The van der Waals surface area contributed by atoms with Gasteiger partial charge in [-0.1, -0.05) is 29.4 Å². The van der Waals surface area contributed by atoms with Crippen LogP contribution in [0.4, 0.5) is 0 Å². The Labute approximate surface area is 126 Å². The fourth-order valence-corrected chi connectivity index (χ4v) is 2.83. The number of nitrogens with zero attached hydrogens (tertiary/aromatic N) is 3. The first-order chi connectivity index (χ1) is 9.52. The van der Waals surface area contributed by atoms with Gasteiger partial charge in [0, 0.05) is 5.02 Å². The number of rotatable bonds is 4. The van der Waals surface area contributed by atoms with E-state index in [1.165, 1.54) is 18.9 Å². The molecular weight excluding hydrogens is 298 g/mol. The molecule has 0 aliphatic carbocycles. The van der Waals surface area contributed by atoms with Crippen LogP contribution in [-0.2, 0) is 9.53 Å². The Kier molecular flexibility index (Phi) is 4.67. The number of methoxy groups -OCH3 is 1. The molecule has 2 aromatic rings. The highest BCUT2D eigenvalue weighted by molar-refractivity contribution is 8.00. The molecule has 0 aliphatic rings. The van der Waals surface area contributed by atoms with Gasteiger partial charge in [0.05, 0.1) is 12.8 Å². The molecule has 0 saturated carbocycles. The predicted octanol–water partition coefficient (Wildman–Crippen LogP) is 2.88. The third kappa shape index (κ3) is 3.13. The van der Waals surface area contributed by atoms with Crippen LogP contribution in [0.15, 0.2) is 29.4 Å². The number of ether oxygens (including phenoxy) is 1. The Morgan fingerprint density at radius 2 is 2.20 bits per heavy atom. The van der Waals surface area contributed by atoms with Gasteiger partial charge in [0.25, 0.3) is 0 Å². The molecule has 0 N–H and O–H groups in total. The second kappa shape index (κ2) is 6.28. The van der Waals surface area contributed by atoms with Gasteiger partial charge in [-0.05, 0) is 32.0 Å². The molecule has 2 rings (SSSR count). The van der Waals surface area contributed by atoms with E-state index in [1.54, 1.807) is 13.0 Å². The fraction of sp³-hybridized carbons (Fsp3) is 0.308. The van der Waals surface area contributed by atoms with Crippen LogP contribution >= 0.6 is 23.4 Å². The van der Waals surface area contributed by atoms with Gasteiger partial charge in [0.2, 0.25) is 0 Å². The number of carbonyl (C=O) groups excluding carboxylic acids is 1. The van der Waals surface area contributed by atoms with Crippen LogP contribution in [0.2, 0.25) is 5.02 Å². The largest absolute Gasteiger partial charge is 0.468 e. The minimum Gasteiger partial charge on any atom is -0.468 e. The maximum absolute atomic E-state index is 11.5. The molecule has 1 atom stereocenters. The minimum atomic E-state index is -0.360. The van der Waals surface area contributed by atoms with Gasteiger partial charge in [0.15, 0.2) is 5.16 Å². The first-order valence-electron chi connectivity index (χ1n) is 5.95. The zero-order chi connectivity index (χ0) is 14.7. The number of hydrogen-bond donors (Lipinski definition) is 0. The normalized spacial score (nSPS) is 12.2. The number of carbonyl (C=O) groups is 1. The lowest BCUT2D eigenvalue weighted by molar-refractivity contribution is -0.139. The Morgan fingerprint density at radius 3 is 2.85 bits per heavy atom. The summed E-state index contributed by atoms with van der Waals surface area (Å²) in [6.07, 6.45) is 0. The average Bonchev–Trinajstić information content (AvgIpc) is 2.78. The molecule has 106 valence electrons. The molecule has 0 radical (unpaired) electrons. The summed E-state index contributed by atoms with van der Waals surface area (Å²) in [7, 11) is 1.37. The van der Waals surface area contributed by atoms with E-state index in [9.17, 15) is 4.79 Å². The SMILES string of the molecule is COC(=O)C(C)Sc1nnc(C)n1-c1cccc(Cl)c1. The number of aryl methyl sites for hydroxylation is 1. The highest BCUT2D eigenvalue weighted by Gasteiger charge is 2.20. The van der Waals surface area contributed by atoms with E-state index in [2.05, 4.69) is 10.2 Å². The number of thioether (sulfide) groups is 1. The molecule has 20 heavy (non-hydrogen) atoms. The number of esters is 1. The summed E-state index contributed by atoms with van der Waals surface area (Å²) < 4.78 is 6.57. The Balaban J connectivity index is 2.35. The first kappa shape index (κ1) is 14.9. The maximum Gasteiger partial charge on any atom is 0.318 e. The summed E-state index contributed by atoms with van der Waals surface area (Å²) in [5, 5.41) is 9.06. The number of aromatic nitrogens is 3. The summed E-state index contributed by atoms with van der Waals surface area (Å²) in [6, 6.07) is 7.39. The Hall–Kier alpha value is -1.53. The fourth-order valence-electron chi connectivity index (χ4n) is 1.70. The maximum atomic E-state index is 11.5. The van der Waals surface area contributed by atoms with Crippen molar-refractivity contribution >= 4 is 29.3 Å². The van der Waals surface area contributed by atoms with Crippen LogP contribution in [0, 0.1) is 6.92 Å². The van der Waals surface area contributed by atoms with Gasteiger partial charge in [-0.15, -0.1) is 10.2 Å². The van der Waals surface area contributed by atoms with E-state index in [1.807, 2.05) is 29.7 Å². The van der Waals surface area contributed by atoms with Gasteiger partial charge >= 0.3 is 5.97 Å². The van der Waals surface area contributed by atoms with Crippen molar-refractivity contribution in [2.75, 3.05) is 7.11 Å². The third-order valence-electron chi connectivity index (χ3n) is 2.68. The molecule has 1 unspecified atom stereocenters. The molecule has 0 amide bonds. The standard InChI is InChI=1S/C13H14ClN3O2S/c1-8(12(18)19-3)20-13-16-15-9(2)17(13)11-6-4-5-10(14)7-11/h4-8H,1-3H3. The average molecular weight is 312 g/mol. The quantitative estimate of drug-likeness (QED) is 0.642. The van der Waals surface area contributed by atoms with Crippen molar-refractivity contribution < 1.29 is 9.53 Å². The Bertz CT molecular complexity index is 630. The van der Waals surface area contributed by atoms with Gasteiger partial charge in [-0.2, -0.15) is 0 Å². The summed E-state index contributed by atoms with van der Waals surface area (Å²) in [6.45, 7) is 3.61. The van der Waals surface area contributed by atoms with Crippen molar-refractivity contribution in [1.82, 2.24) is 14.8 Å². The van der Waals surface area contributed by atoms with E-state index >= 15 is 0 Å². The molecule has 7 heteroatoms. The van der Waals surface area contributed by atoms with Crippen molar-refractivity contribution in [3.63, 3.8) is 0 Å². The van der Waals surface area contributed by atoms with E-state index < -0.39 is 0 Å². The van der Waals surface area contributed by atoms with Crippen LogP contribution in [-0.4, -0.2) is 33.1 Å². The van der Waals surface area contributed by atoms with Crippen LogP contribution in [0.5, 0.6) is 0 Å². The van der Waals surface area contributed by atoms with Crippen molar-refractivity contribution in [2.24, 2.45) is 0 Å². The molecule has 0 saturated heterocycles. The van der Waals surface area contributed by atoms with Crippen molar-refractivity contribution in [1.29, 1.82) is 0 Å². The molecule has 0 bridgehead atoms. The lowest BCUT2D eigenvalue weighted by atomic mass is 10.3. The van der Waals surface area contributed by atoms with Crippen molar-refractivity contribution in [3.05, 3.63) is 35.1 Å². The van der Waals surface area contributed by atoms with Gasteiger partial charge in [-0.3, -0.25) is 9.36 Å². The zero-order valence-corrected chi connectivity index (χ0v) is 12.9. The van der Waals surface area contributed by atoms with E-state index in [4.69, 9.17) is 16.3 Å². The van der Waals surface area contributed by atoms with Gasteiger partial charge in [-0.25, -0.2) is 0 Å². The molecule has 5 nitrogen and oxygen atoms in total. The highest BCUT2D eigenvalue weighted by atomic mass is 35.5. The summed E-state index contributed by atoms with van der Waals surface area (Å²) in [4.78, 5) is 11.5. The topological polar surface area (TPSA) is 57.0 Å². The molecular formula is C13H14ClN3O2S. The summed E-state index contributed by atoms with van der Waals surface area (Å²) >= 11 is 7.31. The second-order valence-electron chi connectivity index (χ2n) is 4.13. The highest BCUT2D eigenvalue weighted by Crippen LogP contribution is 2.27. The van der Waals surface area contributed by atoms with Crippen molar-refractivity contribution in [3.8, 4) is 5.69 Å². The molecule has 1 aromatic heterocycles. The monoisotopic (exact) mass is 311 g/mol. The molecule has 0 aliphatic heterocycles. The van der Waals surface area contributed by atoms with Crippen LogP contribution in [0.25, 0.3) is 5.69 Å². The van der Waals surface area contributed by atoms with Crippen LogP contribution in [0.1, 0.15) is 12.7 Å². The van der Waals surface area contributed by atoms with E-state index in [0.717, 1.165) is 11.5 Å². The number of halogens is 1. The van der Waals surface area contributed by atoms with Gasteiger partial charge < -0.3 is 4.74 Å². The molecule has 0 fully saturated rings. The lowest BCUT2D eigenvalue weighted by Crippen LogP contribution is -2.15. The zero-order valence-electron chi connectivity index (χ0n) is 11.3. The van der Waals surface area contributed by atoms with Crippen LogP contribution < -0.4 is 0 Å². The predicted molar refractivity (Wildman–Crippen MR) is 78.4 cm³/mol. The summed E-state index contributed by atoms with van der Waals surface area (Å²) in [5.41, 5.74) is 0.861. The third-order valence-corrected chi connectivity index (χ3v) is 3.93. The Morgan fingerprint density at radius 1 is 1.45 bits per heavy atom. The van der Waals surface area contributed by atoms with Crippen LogP contribution in [0.3, 0.4) is 0 Å². The lowest BCUT2D eigenvalue weighted by Gasteiger charge is -2.11. The molecule has 1 aromatic carbocycles. The molecule has 0 spiro atoms. The number of benzene rings is 1. The smallest absolute Gasteiger partial charge is 0.318 e.